The number of fused-ring (bicyclic) bond motifs is 1. The quantitative estimate of drug-likeness (QED) is 0.339. The van der Waals surface area contributed by atoms with E-state index in [0.717, 1.165) is 27.9 Å². The van der Waals surface area contributed by atoms with Gasteiger partial charge in [-0.05, 0) is 49.4 Å². The fourth-order valence-electron chi connectivity index (χ4n) is 4.27. The number of hydrogen-bond acceptors (Lipinski definition) is 3. The molecule has 5 rings (SSSR count). The maximum Gasteiger partial charge on any atom is 0.335 e. The molecule has 0 radical (unpaired) electrons. The highest BCUT2D eigenvalue weighted by Crippen LogP contribution is 2.30. The minimum Gasteiger partial charge on any atom is -0.340 e. The van der Waals surface area contributed by atoms with Gasteiger partial charge in [-0.3, -0.25) is 14.9 Å². The summed E-state index contributed by atoms with van der Waals surface area (Å²) in [5, 5.41) is 2.94. The Labute approximate surface area is 199 Å². The van der Waals surface area contributed by atoms with Crippen molar-refractivity contribution in [1.29, 1.82) is 0 Å². The lowest BCUT2D eigenvalue weighted by Gasteiger charge is -2.26. The Balaban J connectivity index is 1.62. The van der Waals surface area contributed by atoms with E-state index in [1.807, 2.05) is 35.8 Å². The van der Waals surface area contributed by atoms with Crippen molar-refractivity contribution in [3.05, 3.63) is 107 Å². The van der Waals surface area contributed by atoms with E-state index >= 15 is 0 Å². The van der Waals surface area contributed by atoms with Gasteiger partial charge in [-0.15, -0.1) is 0 Å². The third-order valence-electron chi connectivity index (χ3n) is 6.04. The molecule has 0 bridgehead atoms. The number of anilines is 1. The summed E-state index contributed by atoms with van der Waals surface area (Å²) < 4.78 is 29.6. The van der Waals surface area contributed by atoms with Crippen molar-refractivity contribution < 1.29 is 23.2 Å². The van der Waals surface area contributed by atoms with Crippen LogP contribution in [0.5, 0.6) is 0 Å². The SMILES string of the molecule is Cc1c(/C=C2\C(=O)NC(=O)N(c3ccc(F)cc3)C2=O)c2ccccc2n1Cc1ccccc1F. The number of carbonyl (C=O) groups excluding carboxylic acids is 3. The summed E-state index contributed by atoms with van der Waals surface area (Å²) in [5.74, 6) is -2.51. The molecule has 3 aromatic carbocycles. The Morgan fingerprint density at radius 3 is 2.31 bits per heavy atom. The van der Waals surface area contributed by atoms with Gasteiger partial charge in [0.05, 0.1) is 12.2 Å². The first kappa shape index (κ1) is 22.2. The van der Waals surface area contributed by atoms with Gasteiger partial charge in [0.2, 0.25) is 0 Å². The van der Waals surface area contributed by atoms with Crippen LogP contribution in [0, 0.1) is 18.6 Å². The van der Waals surface area contributed by atoms with E-state index in [-0.39, 0.29) is 23.6 Å². The molecule has 1 saturated heterocycles. The molecule has 1 aliphatic rings. The molecule has 6 nitrogen and oxygen atoms in total. The number of imide groups is 2. The van der Waals surface area contributed by atoms with Crippen LogP contribution in [0.3, 0.4) is 0 Å². The van der Waals surface area contributed by atoms with Crippen LogP contribution in [0.25, 0.3) is 17.0 Å². The molecular weight excluding hydrogens is 452 g/mol. The summed E-state index contributed by atoms with van der Waals surface area (Å²) in [7, 11) is 0. The first-order valence-electron chi connectivity index (χ1n) is 10.8. The number of hydrogen-bond donors (Lipinski definition) is 1. The summed E-state index contributed by atoms with van der Waals surface area (Å²) >= 11 is 0. The molecular formula is C27H19F2N3O3. The average molecular weight is 471 g/mol. The monoisotopic (exact) mass is 471 g/mol. The molecule has 2 heterocycles. The van der Waals surface area contributed by atoms with Crippen LogP contribution in [0.2, 0.25) is 0 Å². The third-order valence-corrected chi connectivity index (χ3v) is 6.04. The number of nitrogens with one attached hydrogen (secondary N) is 1. The highest BCUT2D eigenvalue weighted by Gasteiger charge is 2.37. The average Bonchev–Trinajstić information content (AvgIpc) is 3.10. The number of barbiturate groups is 1. The van der Waals surface area contributed by atoms with Crippen molar-refractivity contribution in [2.75, 3.05) is 4.90 Å². The largest absolute Gasteiger partial charge is 0.340 e. The molecule has 0 spiro atoms. The highest BCUT2D eigenvalue weighted by atomic mass is 19.1. The van der Waals surface area contributed by atoms with Gasteiger partial charge < -0.3 is 4.57 Å². The van der Waals surface area contributed by atoms with Crippen molar-refractivity contribution in [1.82, 2.24) is 9.88 Å². The highest BCUT2D eigenvalue weighted by molar-refractivity contribution is 6.39. The van der Waals surface area contributed by atoms with Gasteiger partial charge in [0.15, 0.2) is 0 Å². The number of nitrogens with zero attached hydrogens (tertiary/aromatic N) is 2. The molecule has 8 heteroatoms. The van der Waals surface area contributed by atoms with Crippen LogP contribution in [0.15, 0.2) is 78.4 Å². The lowest BCUT2D eigenvalue weighted by molar-refractivity contribution is -0.122. The Morgan fingerprint density at radius 1 is 0.886 bits per heavy atom. The normalized spacial score (nSPS) is 15.2. The second kappa shape index (κ2) is 8.64. The first-order chi connectivity index (χ1) is 16.8. The van der Waals surface area contributed by atoms with Crippen molar-refractivity contribution in [3.8, 4) is 0 Å². The zero-order valence-corrected chi connectivity index (χ0v) is 18.6. The van der Waals surface area contributed by atoms with Gasteiger partial charge in [0.25, 0.3) is 11.8 Å². The molecule has 0 aliphatic carbocycles. The Morgan fingerprint density at radius 2 is 1.57 bits per heavy atom. The summed E-state index contributed by atoms with van der Waals surface area (Å²) in [5.41, 5.74) is 2.50. The lowest BCUT2D eigenvalue weighted by Crippen LogP contribution is -2.54. The molecule has 1 aromatic heterocycles. The molecule has 4 amide bonds. The second-order valence-electron chi connectivity index (χ2n) is 8.13. The van der Waals surface area contributed by atoms with Crippen molar-refractivity contribution in [2.45, 2.75) is 13.5 Å². The minimum atomic E-state index is -0.914. The van der Waals surface area contributed by atoms with Crippen LogP contribution >= 0.6 is 0 Å². The van der Waals surface area contributed by atoms with E-state index in [2.05, 4.69) is 5.32 Å². The number of carbonyl (C=O) groups is 3. The standard InChI is InChI=1S/C27H19F2N3O3/c1-16-21(20-7-3-5-9-24(20)31(16)15-17-6-2-4-8-23(17)29)14-22-25(33)30-27(35)32(26(22)34)19-12-10-18(28)11-13-19/h2-14H,15H2,1H3,(H,30,33,35)/b22-14+. The van der Waals surface area contributed by atoms with E-state index in [1.54, 1.807) is 18.2 Å². The van der Waals surface area contributed by atoms with E-state index in [0.29, 0.717) is 16.8 Å². The third kappa shape index (κ3) is 3.89. The van der Waals surface area contributed by atoms with E-state index in [9.17, 15) is 23.2 Å². The van der Waals surface area contributed by atoms with E-state index in [4.69, 9.17) is 0 Å². The minimum absolute atomic E-state index is 0.131. The van der Waals surface area contributed by atoms with Crippen LogP contribution in [-0.4, -0.2) is 22.4 Å². The molecule has 174 valence electrons. The predicted molar refractivity (Wildman–Crippen MR) is 128 cm³/mol. The Kier molecular flexibility index (Phi) is 5.49. The number of benzene rings is 3. The number of aromatic nitrogens is 1. The number of halogens is 2. The predicted octanol–water partition coefficient (Wildman–Crippen LogP) is 4.94. The number of urea groups is 1. The van der Waals surface area contributed by atoms with Gasteiger partial charge in [0.1, 0.15) is 17.2 Å². The molecule has 0 unspecified atom stereocenters. The summed E-state index contributed by atoms with van der Waals surface area (Å²) in [4.78, 5) is 39.1. The van der Waals surface area contributed by atoms with Crippen LogP contribution in [0.4, 0.5) is 19.3 Å². The maximum atomic E-state index is 14.4. The number of rotatable bonds is 4. The smallest absolute Gasteiger partial charge is 0.335 e. The van der Waals surface area contributed by atoms with Crippen LogP contribution in [-0.2, 0) is 16.1 Å². The molecule has 1 N–H and O–H groups in total. The fraction of sp³-hybridized carbons (Fsp3) is 0.0741. The van der Waals surface area contributed by atoms with Crippen molar-refractivity contribution in [2.24, 2.45) is 0 Å². The molecule has 1 fully saturated rings. The van der Waals surface area contributed by atoms with Gasteiger partial charge in [-0.1, -0.05) is 36.4 Å². The molecule has 0 saturated carbocycles. The zero-order valence-electron chi connectivity index (χ0n) is 18.6. The molecule has 1 aliphatic heterocycles. The topological polar surface area (TPSA) is 71.4 Å². The maximum absolute atomic E-state index is 14.4. The number of amides is 4. The van der Waals surface area contributed by atoms with Crippen molar-refractivity contribution in [3.63, 3.8) is 0 Å². The van der Waals surface area contributed by atoms with Gasteiger partial charge in [-0.2, -0.15) is 0 Å². The first-order valence-corrected chi connectivity index (χ1v) is 10.8. The van der Waals surface area contributed by atoms with Gasteiger partial charge >= 0.3 is 6.03 Å². The fourth-order valence-corrected chi connectivity index (χ4v) is 4.27. The molecule has 35 heavy (non-hydrogen) atoms. The van der Waals surface area contributed by atoms with Gasteiger partial charge in [0, 0.05) is 27.7 Å². The van der Waals surface area contributed by atoms with Gasteiger partial charge in [-0.25, -0.2) is 18.5 Å². The summed E-state index contributed by atoms with van der Waals surface area (Å²) in [6.07, 6.45) is 1.44. The summed E-state index contributed by atoms with van der Waals surface area (Å²) in [6.45, 7) is 2.07. The number of para-hydroxylation sites is 1. The van der Waals surface area contributed by atoms with E-state index < -0.39 is 23.7 Å². The lowest BCUT2D eigenvalue weighted by atomic mass is 10.0. The Hall–Kier alpha value is -4.59. The summed E-state index contributed by atoms with van der Waals surface area (Å²) in [6, 6.07) is 17.8. The molecule has 4 aromatic rings. The van der Waals surface area contributed by atoms with Crippen molar-refractivity contribution >= 4 is 40.5 Å². The van der Waals surface area contributed by atoms with Crippen LogP contribution < -0.4 is 10.2 Å². The Bertz CT molecular complexity index is 1540. The zero-order chi connectivity index (χ0) is 24.7. The second-order valence-corrected chi connectivity index (χ2v) is 8.13. The van der Waals surface area contributed by atoms with E-state index in [1.165, 1.54) is 24.3 Å². The van der Waals surface area contributed by atoms with Crippen LogP contribution in [0.1, 0.15) is 16.8 Å². The molecule has 0 atom stereocenters.